The van der Waals surface area contributed by atoms with Crippen molar-refractivity contribution in [1.29, 1.82) is 0 Å². The van der Waals surface area contributed by atoms with E-state index in [1.807, 2.05) is 53.2 Å². The molecule has 9 heteroatoms. The Kier molecular flexibility index (Phi) is 5.75. The number of imidazole rings is 1. The summed E-state index contributed by atoms with van der Waals surface area (Å²) in [6, 6.07) is 11.5. The molecule has 0 saturated carbocycles. The Labute approximate surface area is 171 Å². The molecule has 0 spiro atoms. The standard InChI is InChI=1S/C20H19N5O2.ClHO/c26-20-15(16-13-25-9-2-1-4-17(25)22-16)12-14-5-6-18(23-19(14)27-20)24-10-3-7-21-8-11-24;1-2/h1-2,4-6,9,12-13,21H,3,7-8,10-11H2;2H. The van der Waals surface area contributed by atoms with Crippen LogP contribution in [-0.2, 0) is 0 Å². The van der Waals surface area contributed by atoms with Gasteiger partial charge in [0.2, 0.25) is 5.71 Å². The zero-order valence-electron chi connectivity index (χ0n) is 15.6. The van der Waals surface area contributed by atoms with Crippen LogP contribution in [0.5, 0.6) is 0 Å². The van der Waals surface area contributed by atoms with Gasteiger partial charge in [-0.1, -0.05) is 6.07 Å². The van der Waals surface area contributed by atoms with Gasteiger partial charge >= 0.3 is 5.63 Å². The van der Waals surface area contributed by atoms with E-state index in [4.69, 9.17) is 9.08 Å². The molecule has 0 radical (unpaired) electrons. The monoisotopic (exact) mass is 413 g/mol. The number of hydrogen-bond acceptors (Lipinski definition) is 7. The predicted octanol–water partition coefficient (Wildman–Crippen LogP) is 2.43. The summed E-state index contributed by atoms with van der Waals surface area (Å²) in [5.74, 6) is 0.842. The highest BCUT2D eigenvalue weighted by Crippen LogP contribution is 2.23. The van der Waals surface area contributed by atoms with Crippen LogP contribution in [0.3, 0.4) is 0 Å². The van der Waals surface area contributed by atoms with Gasteiger partial charge in [-0.15, -0.1) is 0 Å². The van der Waals surface area contributed by atoms with Crippen molar-refractivity contribution in [2.45, 2.75) is 6.42 Å². The third kappa shape index (κ3) is 3.95. The molecule has 0 amide bonds. The van der Waals surface area contributed by atoms with Gasteiger partial charge in [0, 0.05) is 37.4 Å². The van der Waals surface area contributed by atoms with Crippen LogP contribution < -0.4 is 15.8 Å². The van der Waals surface area contributed by atoms with Crippen LogP contribution in [0.4, 0.5) is 5.82 Å². The molecule has 0 atom stereocenters. The summed E-state index contributed by atoms with van der Waals surface area (Å²) in [6.07, 6.45) is 4.80. The molecule has 150 valence electrons. The van der Waals surface area contributed by atoms with E-state index in [9.17, 15) is 4.79 Å². The van der Waals surface area contributed by atoms with Crippen molar-refractivity contribution in [2.24, 2.45) is 0 Å². The Bertz CT molecular complexity index is 1150. The highest BCUT2D eigenvalue weighted by molar-refractivity contribution is 6.04. The number of halogens is 1. The smallest absolute Gasteiger partial charge is 0.347 e. The molecule has 0 unspecified atom stereocenters. The van der Waals surface area contributed by atoms with Crippen molar-refractivity contribution in [2.75, 3.05) is 31.1 Å². The topological polar surface area (TPSA) is 95.9 Å². The molecule has 5 heterocycles. The Hall–Kier alpha value is -2.94. The Morgan fingerprint density at radius 1 is 1.10 bits per heavy atom. The molecule has 0 aliphatic carbocycles. The van der Waals surface area contributed by atoms with Crippen LogP contribution in [0.25, 0.3) is 28.0 Å². The summed E-state index contributed by atoms with van der Waals surface area (Å²) in [6.45, 7) is 3.77. The van der Waals surface area contributed by atoms with Crippen molar-refractivity contribution < 1.29 is 9.08 Å². The maximum atomic E-state index is 12.6. The lowest BCUT2D eigenvalue weighted by Gasteiger charge is -2.20. The largest absolute Gasteiger partial charge is 0.403 e. The molecule has 1 aliphatic heterocycles. The molecule has 5 rings (SSSR count). The van der Waals surface area contributed by atoms with Crippen LogP contribution >= 0.6 is 11.9 Å². The van der Waals surface area contributed by atoms with E-state index in [0.717, 1.165) is 49.5 Å². The number of hydrogen-bond donors (Lipinski definition) is 2. The van der Waals surface area contributed by atoms with Gasteiger partial charge in [-0.3, -0.25) is 4.66 Å². The quantitative estimate of drug-likeness (QED) is 0.521. The van der Waals surface area contributed by atoms with Crippen LogP contribution in [0, 0.1) is 0 Å². The van der Waals surface area contributed by atoms with Gasteiger partial charge in [0.15, 0.2) is 0 Å². The molecule has 0 bridgehead atoms. The minimum Gasteiger partial charge on any atom is -0.403 e. The fourth-order valence-corrected chi connectivity index (χ4v) is 3.48. The van der Waals surface area contributed by atoms with Crippen molar-refractivity contribution in [1.82, 2.24) is 19.7 Å². The number of aromatic nitrogens is 3. The van der Waals surface area contributed by atoms with E-state index < -0.39 is 5.63 Å². The molecule has 1 aliphatic rings. The second kappa shape index (κ2) is 8.60. The van der Waals surface area contributed by atoms with E-state index in [2.05, 4.69) is 32.1 Å². The lowest BCUT2D eigenvalue weighted by atomic mass is 10.2. The number of pyridine rings is 2. The zero-order valence-corrected chi connectivity index (χ0v) is 16.3. The van der Waals surface area contributed by atoms with Gasteiger partial charge in [0.25, 0.3) is 0 Å². The third-order valence-corrected chi connectivity index (χ3v) is 4.89. The normalized spacial score (nSPS) is 14.5. The van der Waals surface area contributed by atoms with Crippen LogP contribution in [-0.4, -0.2) is 45.2 Å². The second-order valence-electron chi connectivity index (χ2n) is 6.69. The van der Waals surface area contributed by atoms with Crippen molar-refractivity contribution >= 4 is 34.4 Å². The Balaban J connectivity index is 0.000000994. The van der Waals surface area contributed by atoms with E-state index in [-0.39, 0.29) is 0 Å². The number of nitrogens with one attached hydrogen (secondary N) is 1. The average Bonchev–Trinajstić information content (AvgIpc) is 3.00. The number of anilines is 1. The van der Waals surface area contributed by atoms with E-state index >= 15 is 0 Å². The van der Waals surface area contributed by atoms with Crippen LogP contribution in [0.15, 0.2) is 58.0 Å². The molecular weight excluding hydrogens is 394 g/mol. The van der Waals surface area contributed by atoms with Crippen molar-refractivity contribution in [3.8, 4) is 11.3 Å². The van der Waals surface area contributed by atoms with Crippen molar-refractivity contribution in [3.05, 3.63) is 59.2 Å². The first-order valence-corrected chi connectivity index (χ1v) is 9.63. The van der Waals surface area contributed by atoms with Crippen LogP contribution in [0.1, 0.15) is 6.42 Å². The van der Waals surface area contributed by atoms with Crippen molar-refractivity contribution in [3.63, 3.8) is 0 Å². The number of fused-ring (bicyclic) bond motifs is 2. The molecule has 29 heavy (non-hydrogen) atoms. The minimum absolute atomic E-state index is 0.363. The van der Waals surface area contributed by atoms with Gasteiger partial charge in [-0.2, -0.15) is 4.98 Å². The first-order chi connectivity index (χ1) is 14.3. The number of nitrogens with zero attached hydrogens (tertiary/aromatic N) is 4. The highest BCUT2D eigenvalue weighted by atomic mass is 35.5. The van der Waals surface area contributed by atoms with Gasteiger partial charge < -0.3 is 19.0 Å². The Morgan fingerprint density at radius 2 is 2.00 bits per heavy atom. The molecule has 1 fully saturated rings. The third-order valence-electron chi connectivity index (χ3n) is 4.89. The maximum absolute atomic E-state index is 12.6. The van der Waals surface area contributed by atoms with Crippen LogP contribution in [0.2, 0.25) is 0 Å². The van der Waals surface area contributed by atoms with E-state index in [0.29, 0.717) is 17.0 Å². The van der Waals surface area contributed by atoms with Gasteiger partial charge in [-0.05, 0) is 43.3 Å². The predicted molar refractivity (Wildman–Crippen MR) is 112 cm³/mol. The fourth-order valence-electron chi connectivity index (χ4n) is 3.48. The van der Waals surface area contributed by atoms with Gasteiger partial charge in [0.05, 0.1) is 23.1 Å². The molecule has 4 aromatic heterocycles. The highest BCUT2D eigenvalue weighted by Gasteiger charge is 2.15. The Morgan fingerprint density at radius 3 is 2.86 bits per heavy atom. The molecule has 2 N–H and O–H groups in total. The summed E-state index contributed by atoms with van der Waals surface area (Å²) >= 11 is 3.64. The van der Waals surface area contributed by atoms with Gasteiger partial charge in [0.1, 0.15) is 11.5 Å². The first-order valence-electron chi connectivity index (χ1n) is 9.29. The molecular formula is C20H20ClN5O3. The van der Waals surface area contributed by atoms with E-state index in [1.165, 1.54) is 0 Å². The second-order valence-corrected chi connectivity index (χ2v) is 6.69. The lowest BCUT2D eigenvalue weighted by Crippen LogP contribution is -2.28. The zero-order chi connectivity index (χ0) is 20.2. The maximum Gasteiger partial charge on any atom is 0.347 e. The minimum atomic E-state index is -0.423. The fraction of sp³-hybridized carbons (Fsp3) is 0.250. The van der Waals surface area contributed by atoms with E-state index in [1.54, 1.807) is 0 Å². The summed E-state index contributed by atoms with van der Waals surface area (Å²) in [5.41, 5.74) is 1.77. The first kappa shape index (κ1) is 19.4. The summed E-state index contributed by atoms with van der Waals surface area (Å²) < 4.78 is 13.9. The molecule has 8 nitrogen and oxygen atoms in total. The molecule has 1 saturated heterocycles. The summed E-state index contributed by atoms with van der Waals surface area (Å²) in [4.78, 5) is 23.9. The SMILES string of the molecule is O=c1oc2nc(N3CCCNCC3)ccc2cc1-c1cn2ccccc2n1.OCl. The van der Waals surface area contributed by atoms with Gasteiger partial charge in [-0.25, -0.2) is 9.78 Å². The molecule has 4 aromatic rings. The molecule has 0 aromatic carbocycles. The summed E-state index contributed by atoms with van der Waals surface area (Å²) in [7, 11) is 0. The lowest BCUT2D eigenvalue weighted by molar-refractivity contribution is 0.551. The average molecular weight is 414 g/mol. The summed E-state index contributed by atoms with van der Waals surface area (Å²) in [5, 5.41) is 4.17. The number of rotatable bonds is 2.